The molecule has 0 spiro atoms. The molecular formula is C14H13NO4. The maximum Gasteiger partial charge on any atom is 0.273 e. The summed E-state index contributed by atoms with van der Waals surface area (Å²) in [5.74, 6) is 0.962. The van der Waals surface area contributed by atoms with Gasteiger partial charge >= 0.3 is 0 Å². The summed E-state index contributed by atoms with van der Waals surface area (Å²) in [5.41, 5.74) is 0.768. The average Bonchev–Trinajstić information content (AvgIpc) is 2.39. The Morgan fingerprint density at radius 2 is 1.84 bits per heavy atom. The van der Waals surface area contributed by atoms with Crippen LogP contribution in [0.1, 0.15) is 18.6 Å². The summed E-state index contributed by atoms with van der Waals surface area (Å²) in [7, 11) is 0. The number of aliphatic hydroxyl groups excluding tert-OH is 1. The van der Waals surface area contributed by atoms with Gasteiger partial charge in [-0.15, -0.1) is 0 Å². The molecule has 0 saturated heterocycles. The lowest BCUT2D eigenvalue weighted by atomic mass is 10.1. The molecule has 0 aliphatic rings. The number of nitro benzene ring substituents is 1. The van der Waals surface area contributed by atoms with Crippen LogP contribution in [0.2, 0.25) is 0 Å². The van der Waals surface area contributed by atoms with Crippen LogP contribution in [0.3, 0.4) is 0 Å². The van der Waals surface area contributed by atoms with Gasteiger partial charge in [0.15, 0.2) is 0 Å². The van der Waals surface area contributed by atoms with Crippen molar-refractivity contribution in [2.24, 2.45) is 0 Å². The molecular weight excluding hydrogens is 246 g/mol. The molecule has 0 heterocycles. The fourth-order valence-corrected chi connectivity index (χ4v) is 1.61. The number of benzene rings is 2. The number of nitrogens with zero attached hydrogens (tertiary/aromatic N) is 1. The Labute approximate surface area is 110 Å². The average molecular weight is 259 g/mol. The van der Waals surface area contributed by atoms with Crippen molar-refractivity contribution in [2.45, 2.75) is 13.0 Å². The zero-order chi connectivity index (χ0) is 13.8. The molecule has 2 aromatic rings. The molecule has 2 aromatic carbocycles. The number of non-ortho nitro benzene ring substituents is 1. The van der Waals surface area contributed by atoms with Gasteiger partial charge in [-0.1, -0.05) is 18.2 Å². The minimum atomic E-state index is -0.535. The van der Waals surface area contributed by atoms with Gasteiger partial charge in [0.2, 0.25) is 0 Å². The van der Waals surface area contributed by atoms with Gasteiger partial charge in [0.05, 0.1) is 17.1 Å². The zero-order valence-corrected chi connectivity index (χ0v) is 10.3. The van der Waals surface area contributed by atoms with E-state index in [0.717, 1.165) is 5.56 Å². The second-order valence-electron chi connectivity index (χ2n) is 4.10. The highest BCUT2D eigenvalue weighted by molar-refractivity contribution is 5.41. The molecule has 0 radical (unpaired) electrons. The Bertz CT molecular complexity index is 578. The third-order valence-electron chi connectivity index (χ3n) is 2.63. The summed E-state index contributed by atoms with van der Waals surface area (Å²) in [4.78, 5) is 10.2. The summed E-state index contributed by atoms with van der Waals surface area (Å²) >= 11 is 0. The summed E-state index contributed by atoms with van der Waals surface area (Å²) in [6, 6.07) is 12.9. The number of hydrogen-bond acceptors (Lipinski definition) is 4. The molecule has 1 N–H and O–H groups in total. The molecule has 5 heteroatoms. The van der Waals surface area contributed by atoms with Crippen molar-refractivity contribution in [3.8, 4) is 11.5 Å². The van der Waals surface area contributed by atoms with Crippen molar-refractivity contribution in [2.75, 3.05) is 0 Å². The van der Waals surface area contributed by atoms with Crippen LogP contribution in [0.25, 0.3) is 0 Å². The van der Waals surface area contributed by atoms with Crippen LogP contribution in [-0.4, -0.2) is 10.0 Å². The van der Waals surface area contributed by atoms with Gasteiger partial charge < -0.3 is 9.84 Å². The predicted molar refractivity (Wildman–Crippen MR) is 70.2 cm³/mol. The highest BCUT2D eigenvalue weighted by Gasteiger charge is 2.07. The standard InChI is InChI=1S/C14H13NO4/c1-10(16)11-5-7-13(8-6-11)19-14-4-2-3-12(9-14)15(17)18/h2-10,16H,1H3/t10-/m0/s1. The van der Waals surface area contributed by atoms with Gasteiger partial charge in [0, 0.05) is 6.07 Å². The van der Waals surface area contributed by atoms with E-state index in [0.29, 0.717) is 11.5 Å². The van der Waals surface area contributed by atoms with Crippen molar-refractivity contribution in [1.29, 1.82) is 0 Å². The highest BCUT2D eigenvalue weighted by Crippen LogP contribution is 2.26. The van der Waals surface area contributed by atoms with Gasteiger partial charge in [0.25, 0.3) is 5.69 Å². The van der Waals surface area contributed by atoms with E-state index in [1.54, 1.807) is 43.3 Å². The summed E-state index contributed by atoms with van der Waals surface area (Å²) < 4.78 is 5.52. The first-order valence-corrected chi connectivity index (χ1v) is 5.76. The third-order valence-corrected chi connectivity index (χ3v) is 2.63. The van der Waals surface area contributed by atoms with E-state index < -0.39 is 11.0 Å². The van der Waals surface area contributed by atoms with Crippen LogP contribution >= 0.6 is 0 Å². The van der Waals surface area contributed by atoms with Crippen LogP contribution in [0.5, 0.6) is 11.5 Å². The predicted octanol–water partition coefficient (Wildman–Crippen LogP) is 3.44. The van der Waals surface area contributed by atoms with Crippen molar-refractivity contribution in [3.05, 3.63) is 64.2 Å². The molecule has 5 nitrogen and oxygen atoms in total. The molecule has 0 bridgehead atoms. The van der Waals surface area contributed by atoms with E-state index >= 15 is 0 Å². The smallest absolute Gasteiger partial charge is 0.273 e. The largest absolute Gasteiger partial charge is 0.457 e. The lowest BCUT2D eigenvalue weighted by molar-refractivity contribution is -0.384. The topological polar surface area (TPSA) is 72.6 Å². The summed E-state index contributed by atoms with van der Waals surface area (Å²) in [6.07, 6.45) is -0.535. The third kappa shape index (κ3) is 3.29. The van der Waals surface area contributed by atoms with Gasteiger partial charge in [-0.2, -0.15) is 0 Å². The lowest BCUT2D eigenvalue weighted by Crippen LogP contribution is -1.91. The van der Waals surface area contributed by atoms with Crippen molar-refractivity contribution < 1.29 is 14.8 Å². The van der Waals surface area contributed by atoms with E-state index in [1.807, 2.05) is 0 Å². The van der Waals surface area contributed by atoms with Crippen LogP contribution in [-0.2, 0) is 0 Å². The molecule has 0 unspecified atom stereocenters. The maximum atomic E-state index is 10.6. The fraction of sp³-hybridized carbons (Fsp3) is 0.143. The fourth-order valence-electron chi connectivity index (χ4n) is 1.61. The Balaban J connectivity index is 2.16. The van der Waals surface area contributed by atoms with E-state index in [4.69, 9.17) is 4.74 Å². The van der Waals surface area contributed by atoms with Gasteiger partial charge in [0.1, 0.15) is 11.5 Å². The number of nitro groups is 1. The van der Waals surface area contributed by atoms with E-state index in [1.165, 1.54) is 12.1 Å². The summed E-state index contributed by atoms with van der Waals surface area (Å²) in [5, 5.41) is 20.0. The molecule has 0 aliphatic heterocycles. The molecule has 2 rings (SSSR count). The number of aliphatic hydroxyl groups is 1. The first-order chi connectivity index (χ1) is 9.06. The highest BCUT2D eigenvalue weighted by atomic mass is 16.6. The Morgan fingerprint density at radius 3 is 2.42 bits per heavy atom. The van der Waals surface area contributed by atoms with Gasteiger partial charge in [-0.25, -0.2) is 0 Å². The van der Waals surface area contributed by atoms with Crippen LogP contribution in [0, 0.1) is 10.1 Å². The second kappa shape index (κ2) is 5.49. The molecule has 0 amide bonds. The monoisotopic (exact) mass is 259 g/mol. The van der Waals surface area contributed by atoms with Crippen molar-refractivity contribution in [1.82, 2.24) is 0 Å². The normalized spacial score (nSPS) is 11.9. The van der Waals surface area contributed by atoms with Crippen LogP contribution in [0.4, 0.5) is 5.69 Å². The quantitative estimate of drug-likeness (QED) is 0.674. The minimum absolute atomic E-state index is 0.0156. The van der Waals surface area contributed by atoms with Crippen molar-refractivity contribution >= 4 is 5.69 Å². The van der Waals surface area contributed by atoms with Gasteiger partial charge in [-0.3, -0.25) is 10.1 Å². The first-order valence-electron chi connectivity index (χ1n) is 5.76. The molecule has 0 aliphatic carbocycles. The minimum Gasteiger partial charge on any atom is -0.457 e. The summed E-state index contributed by atoms with van der Waals surface area (Å²) in [6.45, 7) is 1.68. The molecule has 1 atom stereocenters. The first kappa shape index (κ1) is 13.0. The lowest BCUT2D eigenvalue weighted by Gasteiger charge is -2.08. The SMILES string of the molecule is C[C@H](O)c1ccc(Oc2cccc([N+](=O)[O-])c2)cc1. The number of rotatable bonds is 4. The molecule has 98 valence electrons. The van der Waals surface area contributed by atoms with Crippen LogP contribution < -0.4 is 4.74 Å². The number of ether oxygens (including phenoxy) is 1. The molecule has 0 aromatic heterocycles. The number of hydrogen-bond donors (Lipinski definition) is 1. The van der Waals surface area contributed by atoms with Crippen LogP contribution in [0.15, 0.2) is 48.5 Å². The molecule has 0 saturated carbocycles. The zero-order valence-electron chi connectivity index (χ0n) is 10.3. The Kier molecular flexibility index (Phi) is 3.77. The van der Waals surface area contributed by atoms with E-state index in [9.17, 15) is 15.2 Å². The molecule has 0 fully saturated rings. The van der Waals surface area contributed by atoms with E-state index in [2.05, 4.69) is 0 Å². The Morgan fingerprint density at radius 1 is 1.16 bits per heavy atom. The Hall–Kier alpha value is -2.40. The van der Waals surface area contributed by atoms with E-state index in [-0.39, 0.29) is 5.69 Å². The van der Waals surface area contributed by atoms with Gasteiger partial charge in [-0.05, 0) is 30.7 Å². The molecule has 19 heavy (non-hydrogen) atoms. The second-order valence-corrected chi connectivity index (χ2v) is 4.10. The van der Waals surface area contributed by atoms with Crippen molar-refractivity contribution in [3.63, 3.8) is 0 Å². The maximum absolute atomic E-state index is 10.6.